The summed E-state index contributed by atoms with van der Waals surface area (Å²) in [6.07, 6.45) is 1.60. The number of carbonyl (C=O) groups is 2. The lowest BCUT2D eigenvalue weighted by atomic mass is 10.2. The molecule has 1 aliphatic carbocycles. The molecule has 1 unspecified atom stereocenters. The Hall–Kier alpha value is -2.12. The molecule has 0 bridgehead atoms. The zero-order chi connectivity index (χ0) is 16.9. The van der Waals surface area contributed by atoms with Crippen molar-refractivity contribution < 1.29 is 19.1 Å². The van der Waals surface area contributed by atoms with E-state index in [1.54, 1.807) is 13.2 Å². The van der Waals surface area contributed by atoms with E-state index >= 15 is 0 Å². The average molecular weight is 333 g/mol. The molecule has 1 saturated heterocycles. The molecule has 1 aromatic rings. The number of nitrogens with zero attached hydrogens (tertiary/aromatic N) is 1. The number of carbonyl (C=O) groups excluding carboxylic acids is 2. The third kappa shape index (κ3) is 4.69. The van der Waals surface area contributed by atoms with Gasteiger partial charge in [-0.25, -0.2) is 0 Å². The fourth-order valence-electron chi connectivity index (χ4n) is 2.63. The number of rotatable bonds is 6. The lowest BCUT2D eigenvalue weighted by Crippen LogP contribution is -2.51. The van der Waals surface area contributed by atoms with Crippen molar-refractivity contribution in [2.24, 2.45) is 0 Å². The summed E-state index contributed by atoms with van der Waals surface area (Å²) in [5, 5.41) is 5.79. The molecule has 7 heteroatoms. The first-order chi connectivity index (χ1) is 11.6. The molecule has 2 N–H and O–H groups in total. The van der Waals surface area contributed by atoms with Gasteiger partial charge in [-0.2, -0.15) is 0 Å². The average Bonchev–Trinajstić information content (AvgIpc) is 3.39. The summed E-state index contributed by atoms with van der Waals surface area (Å²) in [4.78, 5) is 26.2. The smallest absolute Gasteiger partial charge is 0.250 e. The number of amides is 2. The Morgan fingerprint density at radius 2 is 2.21 bits per heavy atom. The zero-order valence-corrected chi connectivity index (χ0v) is 13.8. The Morgan fingerprint density at radius 1 is 1.38 bits per heavy atom. The van der Waals surface area contributed by atoms with Crippen LogP contribution in [0, 0.1) is 0 Å². The van der Waals surface area contributed by atoms with Gasteiger partial charge in [0.05, 0.1) is 20.3 Å². The first kappa shape index (κ1) is 16.7. The van der Waals surface area contributed by atoms with Gasteiger partial charge < -0.3 is 20.1 Å². The molecular weight excluding hydrogens is 310 g/mol. The summed E-state index contributed by atoms with van der Waals surface area (Å²) in [6.45, 7) is 1.76. The predicted molar refractivity (Wildman–Crippen MR) is 89.0 cm³/mol. The van der Waals surface area contributed by atoms with E-state index in [1.165, 1.54) is 0 Å². The van der Waals surface area contributed by atoms with Gasteiger partial charge in [-0.05, 0) is 25.0 Å². The molecule has 0 aromatic heterocycles. The minimum Gasteiger partial charge on any atom is -0.497 e. The molecule has 0 radical (unpaired) electrons. The first-order valence-corrected chi connectivity index (χ1v) is 8.22. The van der Waals surface area contributed by atoms with Crippen molar-refractivity contribution in [3.63, 3.8) is 0 Å². The molecule has 130 valence electrons. The molecule has 1 atom stereocenters. The second-order valence-corrected chi connectivity index (χ2v) is 6.16. The molecule has 0 spiro atoms. The van der Waals surface area contributed by atoms with Crippen LogP contribution in [0.1, 0.15) is 12.8 Å². The number of anilines is 1. The minimum absolute atomic E-state index is 0.0737. The van der Waals surface area contributed by atoms with Crippen LogP contribution in [-0.4, -0.2) is 62.2 Å². The number of hydrogen-bond donors (Lipinski definition) is 2. The topological polar surface area (TPSA) is 79.9 Å². The third-order valence-corrected chi connectivity index (χ3v) is 4.09. The standard InChI is InChI=1S/C17H23N3O4/c1-23-14-4-2-3-13(9-14)18-16(21)11-20-7-8-24-15(10-20)17(22)19-12-5-6-12/h2-4,9,12,15H,5-8,10-11H2,1H3,(H,18,21)(H,19,22). The van der Waals surface area contributed by atoms with Crippen LogP contribution in [0.15, 0.2) is 24.3 Å². The second-order valence-electron chi connectivity index (χ2n) is 6.16. The van der Waals surface area contributed by atoms with E-state index in [2.05, 4.69) is 10.6 Å². The quantitative estimate of drug-likeness (QED) is 0.797. The third-order valence-electron chi connectivity index (χ3n) is 4.09. The lowest BCUT2D eigenvalue weighted by Gasteiger charge is -2.31. The highest BCUT2D eigenvalue weighted by atomic mass is 16.5. The van der Waals surface area contributed by atoms with Crippen molar-refractivity contribution >= 4 is 17.5 Å². The van der Waals surface area contributed by atoms with E-state index in [4.69, 9.17) is 9.47 Å². The Bertz CT molecular complexity index is 603. The second kappa shape index (κ2) is 7.63. The maximum Gasteiger partial charge on any atom is 0.250 e. The zero-order valence-electron chi connectivity index (χ0n) is 13.8. The molecular formula is C17H23N3O4. The molecule has 2 fully saturated rings. The Balaban J connectivity index is 1.48. The van der Waals surface area contributed by atoms with Gasteiger partial charge in [0.15, 0.2) is 0 Å². The van der Waals surface area contributed by atoms with E-state index in [0.29, 0.717) is 37.2 Å². The van der Waals surface area contributed by atoms with Crippen LogP contribution in [0.5, 0.6) is 5.75 Å². The van der Waals surface area contributed by atoms with Crippen LogP contribution < -0.4 is 15.4 Å². The van der Waals surface area contributed by atoms with E-state index in [1.807, 2.05) is 23.1 Å². The lowest BCUT2D eigenvalue weighted by molar-refractivity contribution is -0.140. The van der Waals surface area contributed by atoms with Crippen molar-refractivity contribution in [2.75, 3.05) is 38.7 Å². The number of benzene rings is 1. The minimum atomic E-state index is -0.496. The molecule has 3 rings (SSSR count). The van der Waals surface area contributed by atoms with Gasteiger partial charge in [0, 0.05) is 30.9 Å². The molecule has 24 heavy (non-hydrogen) atoms. The van der Waals surface area contributed by atoms with Crippen LogP contribution in [-0.2, 0) is 14.3 Å². The van der Waals surface area contributed by atoms with Gasteiger partial charge in [0.2, 0.25) is 5.91 Å². The summed E-state index contributed by atoms with van der Waals surface area (Å²) in [7, 11) is 1.58. The summed E-state index contributed by atoms with van der Waals surface area (Å²) in [6, 6.07) is 7.53. The molecule has 1 aromatic carbocycles. The van der Waals surface area contributed by atoms with Crippen molar-refractivity contribution in [3.8, 4) is 5.75 Å². The number of methoxy groups -OCH3 is 1. The molecule has 1 aliphatic heterocycles. The molecule has 1 heterocycles. The van der Waals surface area contributed by atoms with E-state index in [9.17, 15) is 9.59 Å². The predicted octanol–water partition coefficient (Wildman–Crippen LogP) is 0.613. The number of hydrogen-bond acceptors (Lipinski definition) is 5. The van der Waals surface area contributed by atoms with E-state index in [-0.39, 0.29) is 18.4 Å². The fourth-order valence-corrected chi connectivity index (χ4v) is 2.63. The van der Waals surface area contributed by atoms with E-state index < -0.39 is 6.10 Å². The molecule has 7 nitrogen and oxygen atoms in total. The maximum absolute atomic E-state index is 12.2. The van der Waals surface area contributed by atoms with Crippen molar-refractivity contribution in [3.05, 3.63) is 24.3 Å². The Labute approximate surface area is 141 Å². The molecule has 1 saturated carbocycles. The van der Waals surface area contributed by atoms with Gasteiger partial charge in [-0.1, -0.05) is 6.07 Å². The summed E-state index contributed by atoms with van der Waals surface area (Å²) in [5.74, 6) is 0.498. The summed E-state index contributed by atoms with van der Waals surface area (Å²) >= 11 is 0. The highest BCUT2D eigenvalue weighted by molar-refractivity contribution is 5.92. The van der Waals surface area contributed by atoms with Crippen LogP contribution in [0.2, 0.25) is 0 Å². The van der Waals surface area contributed by atoms with Crippen molar-refractivity contribution in [2.45, 2.75) is 25.0 Å². The largest absolute Gasteiger partial charge is 0.497 e. The maximum atomic E-state index is 12.2. The van der Waals surface area contributed by atoms with Crippen molar-refractivity contribution in [1.29, 1.82) is 0 Å². The molecule has 2 aliphatic rings. The van der Waals surface area contributed by atoms with Gasteiger partial charge in [0.25, 0.3) is 5.91 Å². The Morgan fingerprint density at radius 3 is 2.96 bits per heavy atom. The summed E-state index contributed by atoms with van der Waals surface area (Å²) in [5.41, 5.74) is 0.690. The van der Waals surface area contributed by atoms with E-state index in [0.717, 1.165) is 12.8 Å². The van der Waals surface area contributed by atoms with Gasteiger partial charge in [-0.3, -0.25) is 14.5 Å². The van der Waals surface area contributed by atoms with Gasteiger partial charge in [-0.15, -0.1) is 0 Å². The highest BCUT2D eigenvalue weighted by Gasteiger charge is 2.31. The van der Waals surface area contributed by atoms with Crippen LogP contribution in [0.4, 0.5) is 5.69 Å². The van der Waals surface area contributed by atoms with Gasteiger partial charge in [0.1, 0.15) is 11.9 Å². The Kier molecular flexibility index (Phi) is 5.32. The SMILES string of the molecule is COc1cccc(NC(=O)CN2CCOC(C(=O)NC3CC3)C2)c1. The fraction of sp³-hybridized carbons (Fsp3) is 0.529. The normalized spacial score (nSPS) is 21.1. The summed E-state index contributed by atoms with van der Waals surface area (Å²) < 4.78 is 10.7. The number of morpholine rings is 1. The van der Waals surface area contributed by atoms with Crippen LogP contribution in [0.3, 0.4) is 0 Å². The van der Waals surface area contributed by atoms with Crippen LogP contribution >= 0.6 is 0 Å². The number of nitrogens with one attached hydrogen (secondary N) is 2. The van der Waals surface area contributed by atoms with Gasteiger partial charge >= 0.3 is 0 Å². The molecule has 2 amide bonds. The van der Waals surface area contributed by atoms with Crippen molar-refractivity contribution in [1.82, 2.24) is 10.2 Å². The monoisotopic (exact) mass is 333 g/mol. The number of ether oxygens (including phenoxy) is 2. The highest BCUT2D eigenvalue weighted by Crippen LogP contribution is 2.19. The van der Waals surface area contributed by atoms with Crippen LogP contribution in [0.25, 0.3) is 0 Å². The first-order valence-electron chi connectivity index (χ1n) is 8.22.